The fraction of sp³-hybridized carbons (Fsp3) is 0.526. The fourth-order valence-corrected chi connectivity index (χ4v) is 6.65. The molecule has 2 aromatic rings. The van der Waals surface area contributed by atoms with Crippen molar-refractivity contribution < 1.29 is 33.5 Å². The van der Waals surface area contributed by atoms with Gasteiger partial charge in [0.25, 0.3) is 5.91 Å². The van der Waals surface area contributed by atoms with Crippen LogP contribution in [-0.4, -0.2) is 70.4 Å². The Bertz CT molecular complexity index is 1650. The molecule has 1 saturated heterocycles. The topological polar surface area (TPSA) is 143 Å². The van der Waals surface area contributed by atoms with E-state index in [9.17, 15) is 24.0 Å². The zero-order valence-corrected chi connectivity index (χ0v) is 30.2. The predicted octanol–water partition coefficient (Wildman–Crippen LogP) is 5.04. The largest absolute Gasteiger partial charge is 0.461 e. The van der Waals surface area contributed by atoms with Gasteiger partial charge in [0.1, 0.15) is 12.6 Å². The Hall–Kier alpha value is -4.25. The van der Waals surface area contributed by atoms with Gasteiger partial charge < -0.3 is 25.1 Å². The SMILES string of the molecule is CCC[C@H](NC(=O)[C@@H]1C[C@]2(CC(c3cccc(Cl)c3)=NO2)CN1C(=O)[C@@H](CC(=O)OCc1ccc(C)cc1)C(C)(C)C)C(=O)C(=O)NC1CC1. The van der Waals surface area contributed by atoms with Gasteiger partial charge in [-0.15, -0.1) is 0 Å². The van der Waals surface area contributed by atoms with Crippen LogP contribution >= 0.6 is 11.6 Å². The molecule has 0 radical (unpaired) electrons. The zero-order chi connectivity index (χ0) is 36.2. The molecule has 5 rings (SSSR count). The molecule has 4 atom stereocenters. The van der Waals surface area contributed by atoms with Crippen LogP contribution in [0.5, 0.6) is 0 Å². The van der Waals surface area contributed by atoms with Crippen molar-refractivity contribution in [3.8, 4) is 0 Å². The van der Waals surface area contributed by atoms with Crippen LogP contribution in [0.4, 0.5) is 0 Å². The number of esters is 1. The second-order valence-electron chi connectivity index (χ2n) is 14.9. The summed E-state index contributed by atoms with van der Waals surface area (Å²) in [6, 6.07) is 12.7. The maximum Gasteiger partial charge on any atom is 0.306 e. The van der Waals surface area contributed by atoms with E-state index in [1.807, 2.05) is 71.0 Å². The molecule has 0 unspecified atom stereocenters. The number of nitrogens with one attached hydrogen (secondary N) is 2. The van der Waals surface area contributed by atoms with Gasteiger partial charge in [-0.05, 0) is 49.3 Å². The third kappa shape index (κ3) is 9.10. The predicted molar refractivity (Wildman–Crippen MR) is 188 cm³/mol. The van der Waals surface area contributed by atoms with E-state index >= 15 is 0 Å². The van der Waals surface area contributed by atoms with E-state index in [0.29, 0.717) is 23.6 Å². The number of ketones is 1. The number of amides is 3. The van der Waals surface area contributed by atoms with E-state index in [1.165, 1.54) is 4.90 Å². The highest BCUT2D eigenvalue weighted by atomic mass is 35.5. The number of aryl methyl sites for hydroxylation is 1. The van der Waals surface area contributed by atoms with E-state index in [0.717, 1.165) is 29.5 Å². The van der Waals surface area contributed by atoms with Crippen molar-refractivity contribution in [2.45, 2.75) is 110 Å². The Kier molecular flexibility index (Phi) is 11.3. The van der Waals surface area contributed by atoms with Crippen LogP contribution in [0.25, 0.3) is 0 Å². The van der Waals surface area contributed by atoms with Crippen molar-refractivity contribution in [2.75, 3.05) is 6.54 Å². The first-order chi connectivity index (χ1) is 23.7. The van der Waals surface area contributed by atoms with Crippen LogP contribution in [0, 0.1) is 18.3 Å². The maximum absolute atomic E-state index is 14.6. The molecule has 1 spiro atoms. The van der Waals surface area contributed by atoms with Crippen molar-refractivity contribution in [1.82, 2.24) is 15.5 Å². The molecule has 3 amide bonds. The number of ether oxygens (including phenoxy) is 1. The van der Waals surface area contributed by atoms with Gasteiger partial charge in [-0.1, -0.05) is 92.8 Å². The first kappa shape index (κ1) is 37.0. The summed E-state index contributed by atoms with van der Waals surface area (Å²) in [4.78, 5) is 75.2. The summed E-state index contributed by atoms with van der Waals surface area (Å²) < 4.78 is 5.59. The van der Waals surface area contributed by atoms with Gasteiger partial charge in [0.05, 0.1) is 30.6 Å². The Labute approximate surface area is 298 Å². The molecule has 11 nitrogen and oxygen atoms in total. The van der Waals surface area contributed by atoms with Crippen LogP contribution in [0.3, 0.4) is 0 Å². The van der Waals surface area contributed by atoms with E-state index in [-0.39, 0.29) is 38.5 Å². The molecule has 2 aromatic carbocycles. The van der Waals surface area contributed by atoms with E-state index in [2.05, 4.69) is 15.8 Å². The molecule has 0 bridgehead atoms. The van der Waals surface area contributed by atoms with Gasteiger partial charge in [0, 0.05) is 29.5 Å². The molecule has 268 valence electrons. The van der Waals surface area contributed by atoms with Crippen molar-refractivity contribution in [2.24, 2.45) is 16.5 Å². The smallest absolute Gasteiger partial charge is 0.306 e. The van der Waals surface area contributed by atoms with Gasteiger partial charge in [0.2, 0.25) is 17.6 Å². The third-order valence-electron chi connectivity index (χ3n) is 9.56. The molecule has 1 saturated carbocycles. The average Bonchev–Trinajstić information content (AvgIpc) is 3.66. The van der Waals surface area contributed by atoms with Crippen LogP contribution in [-0.2, 0) is 40.2 Å². The quantitative estimate of drug-likeness (QED) is 0.219. The Morgan fingerprint density at radius 1 is 1.10 bits per heavy atom. The molecule has 2 fully saturated rings. The molecule has 0 aromatic heterocycles. The number of halogens is 1. The number of Topliss-reactive ketones (excluding diaryl/α,β-unsaturated/α-hetero) is 1. The van der Waals surface area contributed by atoms with Crippen LogP contribution in [0.2, 0.25) is 5.02 Å². The second kappa shape index (κ2) is 15.3. The monoisotopic (exact) mass is 706 g/mol. The normalized spacial score (nSPS) is 21.2. The first-order valence-electron chi connectivity index (χ1n) is 17.4. The Morgan fingerprint density at radius 3 is 2.46 bits per heavy atom. The molecule has 3 aliphatic rings. The zero-order valence-electron chi connectivity index (χ0n) is 29.4. The van der Waals surface area contributed by atoms with Crippen LogP contribution in [0.15, 0.2) is 53.7 Å². The van der Waals surface area contributed by atoms with Crippen LogP contribution < -0.4 is 10.6 Å². The average molecular weight is 707 g/mol. The summed E-state index contributed by atoms with van der Waals surface area (Å²) in [5.41, 5.74) is 1.60. The third-order valence-corrected chi connectivity index (χ3v) is 9.80. The lowest BCUT2D eigenvalue weighted by Gasteiger charge is -2.35. The summed E-state index contributed by atoms with van der Waals surface area (Å²) in [5, 5.41) is 10.4. The van der Waals surface area contributed by atoms with Crippen molar-refractivity contribution in [3.63, 3.8) is 0 Å². The summed E-state index contributed by atoms with van der Waals surface area (Å²) in [7, 11) is 0. The number of rotatable bonds is 13. The molecule has 2 heterocycles. The highest BCUT2D eigenvalue weighted by molar-refractivity contribution is 6.38. The number of hydrogen-bond acceptors (Lipinski definition) is 8. The minimum Gasteiger partial charge on any atom is -0.461 e. The summed E-state index contributed by atoms with van der Waals surface area (Å²) >= 11 is 6.24. The standard InChI is InChI=1S/C38H47ClN4O7/c1-6-8-29(33(45)35(47)40-27-15-16-27)41-34(46)31-20-38(19-30(42-50-38)25-9-7-10-26(39)17-25)22-43(31)36(48)28(37(3,4)5)18-32(44)49-21-24-13-11-23(2)12-14-24/h7,9-14,17,27-29,31H,6,8,15-16,18-22H2,1-5H3,(H,40,47)(H,41,46)/t28-,29+,31+,38-/m1/s1. The number of carbonyl (C=O) groups excluding carboxylic acids is 5. The van der Waals surface area contributed by atoms with Crippen molar-refractivity contribution >= 4 is 46.8 Å². The van der Waals surface area contributed by atoms with Crippen molar-refractivity contribution in [1.29, 1.82) is 0 Å². The minimum absolute atomic E-state index is 0.0154. The van der Waals surface area contributed by atoms with E-state index < -0.39 is 58.5 Å². The first-order valence-corrected chi connectivity index (χ1v) is 17.7. The molecular weight excluding hydrogens is 660 g/mol. The summed E-state index contributed by atoms with van der Waals surface area (Å²) in [5.74, 6) is -3.80. The lowest BCUT2D eigenvalue weighted by molar-refractivity contribution is -0.154. The lowest BCUT2D eigenvalue weighted by atomic mass is 9.77. The summed E-state index contributed by atoms with van der Waals surface area (Å²) in [6.07, 6.45) is 2.63. The molecular formula is C38H47ClN4O7. The fourth-order valence-electron chi connectivity index (χ4n) is 6.46. The number of benzene rings is 2. The lowest BCUT2D eigenvalue weighted by Crippen LogP contribution is -2.54. The number of nitrogens with zero attached hydrogens (tertiary/aromatic N) is 2. The van der Waals surface area contributed by atoms with Crippen LogP contribution in [0.1, 0.15) is 89.3 Å². The van der Waals surface area contributed by atoms with E-state index in [4.69, 9.17) is 21.2 Å². The number of likely N-dealkylation sites (tertiary alicyclic amines) is 1. The number of carbonyl (C=O) groups is 5. The van der Waals surface area contributed by atoms with Gasteiger partial charge in [-0.3, -0.25) is 24.0 Å². The molecule has 2 aliphatic heterocycles. The number of hydrogen-bond donors (Lipinski definition) is 2. The Morgan fingerprint density at radius 2 is 1.82 bits per heavy atom. The minimum atomic E-state index is -1.06. The second-order valence-corrected chi connectivity index (χ2v) is 15.4. The Balaban J connectivity index is 1.37. The van der Waals surface area contributed by atoms with Gasteiger partial charge in [-0.2, -0.15) is 0 Å². The van der Waals surface area contributed by atoms with Gasteiger partial charge >= 0.3 is 5.97 Å². The summed E-state index contributed by atoms with van der Waals surface area (Å²) in [6.45, 7) is 9.52. The van der Waals surface area contributed by atoms with E-state index in [1.54, 1.807) is 12.1 Å². The van der Waals surface area contributed by atoms with Gasteiger partial charge in [-0.25, -0.2) is 0 Å². The van der Waals surface area contributed by atoms with Gasteiger partial charge in [0.15, 0.2) is 5.60 Å². The molecule has 2 N–H and O–H groups in total. The molecule has 50 heavy (non-hydrogen) atoms. The molecule has 1 aliphatic carbocycles. The maximum atomic E-state index is 14.6. The highest BCUT2D eigenvalue weighted by Gasteiger charge is 2.55. The van der Waals surface area contributed by atoms with Crippen molar-refractivity contribution in [3.05, 3.63) is 70.2 Å². The molecule has 12 heteroatoms. The number of oxime groups is 1. The highest BCUT2D eigenvalue weighted by Crippen LogP contribution is 2.42.